The van der Waals surface area contributed by atoms with Crippen LogP contribution in [0.2, 0.25) is 0 Å². The Kier molecular flexibility index (Phi) is 4.44. The van der Waals surface area contributed by atoms with E-state index in [0.717, 1.165) is 25.7 Å². The van der Waals surface area contributed by atoms with Crippen LogP contribution in [-0.4, -0.2) is 48.8 Å². The molecule has 1 heterocycles. The molecule has 1 aliphatic heterocycles. The molecule has 1 saturated heterocycles. The van der Waals surface area contributed by atoms with Crippen molar-refractivity contribution in [3.8, 4) is 0 Å². The van der Waals surface area contributed by atoms with Crippen LogP contribution in [0.3, 0.4) is 0 Å². The first-order chi connectivity index (χ1) is 8.88. The van der Waals surface area contributed by atoms with Crippen LogP contribution in [0.25, 0.3) is 0 Å². The molecule has 1 aliphatic carbocycles. The van der Waals surface area contributed by atoms with Crippen LogP contribution in [0, 0.1) is 0 Å². The second-order valence-electron chi connectivity index (χ2n) is 5.40. The smallest absolute Gasteiger partial charge is 0.269 e. The zero-order valence-corrected chi connectivity index (χ0v) is 11.5. The number of nitrogens with one attached hydrogen (secondary N) is 2. The predicted octanol–water partition coefficient (Wildman–Crippen LogP) is -1.01. The number of amides is 1. The number of rotatable bonds is 3. The fourth-order valence-electron chi connectivity index (χ4n) is 2.75. The van der Waals surface area contributed by atoms with E-state index in [0.29, 0.717) is 0 Å². The number of nitrogens with two attached hydrogens (primary N) is 1. The van der Waals surface area contributed by atoms with Crippen LogP contribution in [0.4, 0.5) is 0 Å². The van der Waals surface area contributed by atoms with Crippen molar-refractivity contribution in [1.82, 2.24) is 10.6 Å². The Morgan fingerprint density at radius 3 is 2.58 bits per heavy atom. The molecule has 0 unspecified atom stereocenters. The Bertz CT molecular complexity index is 439. The molecule has 0 aromatic rings. The molecule has 0 aromatic heterocycles. The summed E-state index contributed by atoms with van der Waals surface area (Å²) in [6, 6.07) is -0.634. The quantitative estimate of drug-likeness (QED) is 0.494. The molecule has 19 heavy (non-hydrogen) atoms. The molecule has 110 valence electrons. The molecule has 0 bridgehead atoms. The molecule has 5 N–H and O–H groups in total. The molecule has 2 fully saturated rings. The van der Waals surface area contributed by atoms with Gasteiger partial charge in [0.15, 0.2) is 0 Å². The van der Waals surface area contributed by atoms with Gasteiger partial charge in [-0.2, -0.15) is 8.42 Å². The van der Waals surface area contributed by atoms with Gasteiger partial charge in [-0.15, -0.1) is 0 Å². The first kappa shape index (κ1) is 14.7. The highest BCUT2D eigenvalue weighted by molar-refractivity contribution is 7.86. The summed E-state index contributed by atoms with van der Waals surface area (Å²) in [6.07, 6.45) is 4.00. The summed E-state index contributed by atoms with van der Waals surface area (Å²) in [5, 5.41) is 4.81. The largest absolute Gasteiger partial charge is 0.350 e. The Morgan fingerprint density at radius 1 is 1.32 bits per heavy atom. The summed E-state index contributed by atoms with van der Waals surface area (Å²) in [4.78, 5) is 12.0. The standard InChI is InChI=1S/C11H21N3O4S/c12-8-3-1-2-4-9(8)14-11(15)10-5-7(6-13-10)19(16,17)18/h7-10,13H,1-6,12H2,(H,14,15)(H,16,17,18)/t7-,8-,9-,10+/m1/s1. The molecule has 1 amide bonds. The lowest BCUT2D eigenvalue weighted by Gasteiger charge is -2.30. The maximum atomic E-state index is 12.0. The topological polar surface area (TPSA) is 122 Å². The zero-order chi connectivity index (χ0) is 14.0. The fraction of sp³-hybridized carbons (Fsp3) is 0.909. The highest BCUT2D eigenvalue weighted by Gasteiger charge is 2.37. The number of hydrogen-bond acceptors (Lipinski definition) is 5. The van der Waals surface area contributed by atoms with Crippen LogP contribution in [0.15, 0.2) is 0 Å². The normalized spacial score (nSPS) is 36.1. The van der Waals surface area contributed by atoms with Crippen LogP contribution in [0.1, 0.15) is 32.1 Å². The van der Waals surface area contributed by atoms with Gasteiger partial charge in [-0.25, -0.2) is 0 Å². The Hall–Kier alpha value is -0.700. The van der Waals surface area contributed by atoms with E-state index in [1.54, 1.807) is 0 Å². The monoisotopic (exact) mass is 291 g/mol. The number of carbonyl (C=O) groups excluding carboxylic acids is 1. The van der Waals surface area contributed by atoms with Crippen LogP contribution < -0.4 is 16.4 Å². The summed E-state index contributed by atoms with van der Waals surface area (Å²) in [7, 11) is -4.08. The van der Waals surface area contributed by atoms with Gasteiger partial charge in [-0.3, -0.25) is 9.35 Å². The molecule has 0 aromatic carbocycles. The Labute approximate surface area is 113 Å². The van der Waals surface area contributed by atoms with Crippen molar-refractivity contribution in [3.63, 3.8) is 0 Å². The van der Waals surface area contributed by atoms with E-state index in [4.69, 9.17) is 10.3 Å². The van der Waals surface area contributed by atoms with Crippen LogP contribution in [0.5, 0.6) is 0 Å². The van der Waals surface area contributed by atoms with E-state index < -0.39 is 21.4 Å². The van der Waals surface area contributed by atoms with Gasteiger partial charge in [-0.05, 0) is 19.3 Å². The number of hydrogen-bond donors (Lipinski definition) is 4. The minimum absolute atomic E-state index is 0.0310. The Balaban J connectivity index is 1.87. The summed E-state index contributed by atoms with van der Waals surface area (Å²) in [6.45, 7) is 0.105. The van der Waals surface area contributed by atoms with Crippen molar-refractivity contribution in [1.29, 1.82) is 0 Å². The minimum atomic E-state index is -4.08. The van der Waals surface area contributed by atoms with Gasteiger partial charge in [0.2, 0.25) is 5.91 Å². The molecule has 2 aliphatic rings. The van der Waals surface area contributed by atoms with Crippen molar-refractivity contribution in [3.05, 3.63) is 0 Å². The number of carbonyl (C=O) groups is 1. The summed E-state index contributed by atoms with van der Waals surface area (Å²) >= 11 is 0. The first-order valence-electron chi connectivity index (χ1n) is 6.63. The van der Waals surface area contributed by atoms with E-state index in [9.17, 15) is 13.2 Å². The maximum Gasteiger partial charge on any atom is 0.269 e. The molecule has 2 rings (SSSR count). The molecular formula is C11H21N3O4S. The van der Waals surface area contributed by atoms with Crippen molar-refractivity contribution in [2.24, 2.45) is 5.73 Å². The Morgan fingerprint density at radius 2 is 2.00 bits per heavy atom. The SMILES string of the molecule is N[C@@H]1CCCC[C@H]1NC(=O)[C@@H]1C[C@@H](S(=O)(=O)O)CN1. The van der Waals surface area contributed by atoms with Crippen LogP contribution in [-0.2, 0) is 14.9 Å². The van der Waals surface area contributed by atoms with Gasteiger partial charge in [-0.1, -0.05) is 12.8 Å². The average molecular weight is 291 g/mol. The van der Waals surface area contributed by atoms with Crippen molar-refractivity contribution in [2.45, 2.75) is 55.5 Å². The van der Waals surface area contributed by atoms with Crippen LogP contribution >= 0.6 is 0 Å². The van der Waals surface area contributed by atoms with E-state index >= 15 is 0 Å². The minimum Gasteiger partial charge on any atom is -0.350 e. The highest BCUT2D eigenvalue weighted by atomic mass is 32.2. The van der Waals surface area contributed by atoms with Gasteiger partial charge in [0.05, 0.1) is 6.04 Å². The lowest BCUT2D eigenvalue weighted by molar-refractivity contribution is -0.123. The first-order valence-corrected chi connectivity index (χ1v) is 8.14. The fourth-order valence-corrected chi connectivity index (χ4v) is 3.49. The predicted molar refractivity (Wildman–Crippen MR) is 70.1 cm³/mol. The van der Waals surface area contributed by atoms with Crippen molar-refractivity contribution < 1.29 is 17.8 Å². The maximum absolute atomic E-state index is 12.0. The van der Waals surface area contributed by atoms with Crippen molar-refractivity contribution in [2.75, 3.05) is 6.54 Å². The molecule has 8 heteroatoms. The average Bonchev–Trinajstić information content (AvgIpc) is 2.81. The third-order valence-electron chi connectivity index (χ3n) is 3.98. The third-order valence-corrected chi connectivity index (χ3v) is 5.18. The summed E-state index contributed by atoms with van der Waals surface area (Å²) in [5.41, 5.74) is 5.95. The molecule has 4 atom stereocenters. The molecular weight excluding hydrogens is 270 g/mol. The molecule has 0 spiro atoms. The van der Waals surface area contributed by atoms with Gasteiger partial charge < -0.3 is 16.4 Å². The van der Waals surface area contributed by atoms with E-state index in [-0.39, 0.29) is 31.0 Å². The molecule has 0 radical (unpaired) electrons. The lowest BCUT2D eigenvalue weighted by Crippen LogP contribution is -2.53. The van der Waals surface area contributed by atoms with Gasteiger partial charge >= 0.3 is 0 Å². The molecule has 1 saturated carbocycles. The summed E-state index contributed by atoms with van der Waals surface area (Å²) in [5.74, 6) is -0.228. The van der Waals surface area contributed by atoms with Gasteiger partial charge in [0, 0.05) is 18.6 Å². The lowest BCUT2D eigenvalue weighted by atomic mass is 9.91. The third kappa shape index (κ3) is 3.65. The van der Waals surface area contributed by atoms with Crippen molar-refractivity contribution >= 4 is 16.0 Å². The summed E-state index contributed by atoms with van der Waals surface area (Å²) < 4.78 is 31.0. The molecule has 7 nitrogen and oxygen atoms in total. The zero-order valence-electron chi connectivity index (χ0n) is 10.7. The second kappa shape index (κ2) is 5.74. The van der Waals surface area contributed by atoms with E-state index in [1.165, 1.54) is 0 Å². The second-order valence-corrected chi connectivity index (χ2v) is 7.09. The van der Waals surface area contributed by atoms with Gasteiger partial charge in [0.25, 0.3) is 10.1 Å². The van der Waals surface area contributed by atoms with E-state index in [1.807, 2.05) is 0 Å². The highest BCUT2D eigenvalue weighted by Crippen LogP contribution is 2.18. The van der Waals surface area contributed by atoms with E-state index in [2.05, 4.69) is 10.6 Å². The van der Waals surface area contributed by atoms with Gasteiger partial charge in [0.1, 0.15) is 5.25 Å².